The van der Waals surface area contributed by atoms with E-state index in [1.165, 1.54) is 40.3 Å². The Morgan fingerprint density at radius 3 is 2.32 bits per heavy atom. The van der Waals surface area contributed by atoms with Crippen molar-refractivity contribution in [1.82, 2.24) is 0 Å². The van der Waals surface area contributed by atoms with E-state index in [0.29, 0.717) is 16.7 Å². The van der Waals surface area contributed by atoms with Gasteiger partial charge in [-0.3, -0.25) is 0 Å². The van der Waals surface area contributed by atoms with E-state index in [1.807, 2.05) is 0 Å². The van der Waals surface area contributed by atoms with Gasteiger partial charge < -0.3 is 0 Å². The molecule has 1 aliphatic rings. The summed E-state index contributed by atoms with van der Waals surface area (Å²) in [5.74, 6) is 1.32. The number of alkyl halides is 1. The third-order valence-electron chi connectivity index (χ3n) is 4.72. The molecule has 0 aromatic heterocycles. The second kappa shape index (κ2) is 4.94. The third kappa shape index (κ3) is 2.12. The minimum atomic E-state index is 0.442. The lowest BCUT2D eigenvalue weighted by Gasteiger charge is -2.24. The van der Waals surface area contributed by atoms with Gasteiger partial charge in [-0.2, -0.15) is 0 Å². The SMILES string of the molecule is CC(C)C(C)C(Br)c1ccc2c3c(cccc13)CC2. The smallest absolute Gasteiger partial charge is 0.0429 e. The van der Waals surface area contributed by atoms with Gasteiger partial charge in [0.15, 0.2) is 0 Å². The van der Waals surface area contributed by atoms with Crippen LogP contribution in [0.4, 0.5) is 0 Å². The van der Waals surface area contributed by atoms with Crippen LogP contribution < -0.4 is 0 Å². The van der Waals surface area contributed by atoms with Gasteiger partial charge in [0.25, 0.3) is 0 Å². The Morgan fingerprint density at radius 2 is 1.63 bits per heavy atom. The molecule has 100 valence electrons. The van der Waals surface area contributed by atoms with E-state index in [2.05, 4.69) is 67.0 Å². The lowest BCUT2D eigenvalue weighted by atomic mass is 9.88. The molecule has 0 fully saturated rings. The Bertz CT molecular complexity index is 602. The number of hydrogen-bond donors (Lipinski definition) is 0. The molecule has 19 heavy (non-hydrogen) atoms. The van der Waals surface area contributed by atoms with Crippen molar-refractivity contribution in [2.45, 2.75) is 38.4 Å². The van der Waals surface area contributed by atoms with Crippen molar-refractivity contribution in [3.05, 3.63) is 47.0 Å². The number of rotatable bonds is 3. The molecule has 2 atom stereocenters. The van der Waals surface area contributed by atoms with Gasteiger partial charge in [-0.1, -0.05) is 67.0 Å². The summed E-state index contributed by atoms with van der Waals surface area (Å²) in [4.78, 5) is 0.442. The predicted molar refractivity (Wildman–Crippen MR) is 87.0 cm³/mol. The minimum Gasteiger partial charge on any atom is -0.0836 e. The number of benzene rings is 2. The first-order valence-electron chi connectivity index (χ1n) is 7.27. The van der Waals surface area contributed by atoms with Crippen molar-refractivity contribution >= 4 is 26.7 Å². The van der Waals surface area contributed by atoms with Crippen LogP contribution in [0.1, 0.15) is 42.3 Å². The molecule has 0 heterocycles. The van der Waals surface area contributed by atoms with Crippen molar-refractivity contribution in [1.29, 1.82) is 0 Å². The molecule has 0 saturated heterocycles. The average molecular weight is 317 g/mol. The zero-order valence-corrected chi connectivity index (χ0v) is 13.5. The molecule has 0 bridgehead atoms. The quantitative estimate of drug-likeness (QED) is 0.640. The molecule has 0 spiro atoms. The van der Waals surface area contributed by atoms with Gasteiger partial charge in [0, 0.05) is 4.83 Å². The van der Waals surface area contributed by atoms with Gasteiger partial charge in [0.2, 0.25) is 0 Å². The van der Waals surface area contributed by atoms with E-state index in [1.54, 1.807) is 0 Å². The Balaban J connectivity index is 2.16. The standard InChI is InChI=1S/C18H21Br/c1-11(2)12(3)18(19)16-10-9-14-8-7-13-5-4-6-15(16)17(13)14/h4-6,9-12,18H,7-8H2,1-3H3. The fourth-order valence-corrected chi connectivity index (χ4v) is 4.14. The molecule has 0 radical (unpaired) electrons. The molecule has 0 aliphatic heterocycles. The summed E-state index contributed by atoms with van der Waals surface area (Å²) in [5.41, 5.74) is 4.53. The van der Waals surface area contributed by atoms with Gasteiger partial charge in [-0.25, -0.2) is 0 Å². The van der Waals surface area contributed by atoms with Crippen LogP contribution >= 0.6 is 15.9 Å². The molecule has 2 unspecified atom stereocenters. The van der Waals surface area contributed by atoms with Crippen LogP contribution in [0.3, 0.4) is 0 Å². The van der Waals surface area contributed by atoms with Gasteiger partial charge in [0.1, 0.15) is 0 Å². The molecular weight excluding hydrogens is 296 g/mol. The van der Waals surface area contributed by atoms with Crippen LogP contribution in [0.2, 0.25) is 0 Å². The van der Waals surface area contributed by atoms with Crippen molar-refractivity contribution in [3.63, 3.8) is 0 Å². The monoisotopic (exact) mass is 316 g/mol. The van der Waals surface area contributed by atoms with Crippen LogP contribution in [-0.4, -0.2) is 0 Å². The molecule has 1 aliphatic carbocycles. The summed E-state index contributed by atoms with van der Waals surface area (Å²) >= 11 is 3.94. The summed E-state index contributed by atoms with van der Waals surface area (Å²) in [6.45, 7) is 6.95. The molecule has 1 heteroatoms. The van der Waals surface area contributed by atoms with Crippen molar-refractivity contribution < 1.29 is 0 Å². The average Bonchev–Trinajstić information content (AvgIpc) is 2.83. The topological polar surface area (TPSA) is 0 Å². The molecule has 0 nitrogen and oxygen atoms in total. The van der Waals surface area contributed by atoms with Crippen molar-refractivity contribution in [3.8, 4) is 0 Å². The normalized spacial score (nSPS) is 17.1. The maximum absolute atomic E-state index is 3.94. The maximum atomic E-state index is 3.94. The first-order valence-corrected chi connectivity index (χ1v) is 8.18. The van der Waals surface area contributed by atoms with Gasteiger partial charge in [-0.05, 0) is 52.1 Å². The van der Waals surface area contributed by atoms with Gasteiger partial charge in [-0.15, -0.1) is 0 Å². The molecule has 3 rings (SSSR count). The lowest BCUT2D eigenvalue weighted by molar-refractivity contribution is 0.415. The zero-order chi connectivity index (χ0) is 13.6. The second-order valence-electron chi connectivity index (χ2n) is 6.16. The van der Waals surface area contributed by atoms with E-state index >= 15 is 0 Å². The maximum Gasteiger partial charge on any atom is 0.0429 e. The first kappa shape index (κ1) is 13.2. The van der Waals surface area contributed by atoms with Crippen LogP contribution in [0.15, 0.2) is 30.3 Å². The Hall–Kier alpha value is -0.820. The molecule has 2 aromatic carbocycles. The molecular formula is C18H21Br. The van der Waals surface area contributed by atoms with E-state index in [9.17, 15) is 0 Å². The van der Waals surface area contributed by atoms with E-state index in [0.717, 1.165) is 0 Å². The summed E-state index contributed by atoms with van der Waals surface area (Å²) < 4.78 is 0. The summed E-state index contributed by atoms with van der Waals surface area (Å²) in [5, 5.41) is 2.99. The van der Waals surface area contributed by atoms with E-state index < -0.39 is 0 Å². The Morgan fingerprint density at radius 1 is 0.947 bits per heavy atom. The Labute approximate surface area is 124 Å². The fraction of sp³-hybridized carbons (Fsp3) is 0.444. The van der Waals surface area contributed by atoms with E-state index in [-0.39, 0.29) is 0 Å². The molecule has 0 saturated carbocycles. The van der Waals surface area contributed by atoms with Crippen LogP contribution in [0.5, 0.6) is 0 Å². The fourth-order valence-electron chi connectivity index (χ4n) is 3.13. The lowest BCUT2D eigenvalue weighted by Crippen LogP contribution is -2.10. The van der Waals surface area contributed by atoms with E-state index in [4.69, 9.17) is 0 Å². The second-order valence-corrected chi connectivity index (χ2v) is 7.15. The summed E-state index contributed by atoms with van der Waals surface area (Å²) in [7, 11) is 0. The third-order valence-corrected chi connectivity index (χ3v) is 6.05. The van der Waals surface area contributed by atoms with Gasteiger partial charge >= 0.3 is 0 Å². The first-order chi connectivity index (χ1) is 9.09. The molecule has 2 aromatic rings. The minimum absolute atomic E-state index is 0.442. The van der Waals surface area contributed by atoms with Crippen molar-refractivity contribution in [2.75, 3.05) is 0 Å². The Kier molecular flexibility index (Phi) is 3.42. The summed E-state index contributed by atoms with van der Waals surface area (Å²) in [6.07, 6.45) is 2.42. The molecule has 0 amide bonds. The highest BCUT2D eigenvalue weighted by Crippen LogP contribution is 2.41. The zero-order valence-electron chi connectivity index (χ0n) is 11.9. The van der Waals surface area contributed by atoms with Crippen molar-refractivity contribution in [2.24, 2.45) is 11.8 Å². The number of halogens is 1. The largest absolute Gasteiger partial charge is 0.0836 e. The van der Waals surface area contributed by atoms with Crippen LogP contribution in [0, 0.1) is 11.8 Å². The van der Waals surface area contributed by atoms with Crippen LogP contribution in [0.25, 0.3) is 10.8 Å². The summed E-state index contributed by atoms with van der Waals surface area (Å²) in [6, 6.07) is 11.5. The molecule has 0 N–H and O–H groups in total. The highest BCUT2D eigenvalue weighted by molar-refractivity contribution is 9.09. The highest BCUT2D eigenvalue weighted by Gasteiger charge is 2.23. The van der Waals surface area contributed by atoms with Crippen LogP contribution in [-0.2, 0) is 12.8 Å². The number of hydrogen-bond acceptors (Lipinski definition) is 0. The van der Waals surface area contributed by atoms with Gasteiger partial charge in [0.05, 0.1) is 0 Å². The number of aryl methyl sites for hydroxylation is 2. The predicted octanol–water partition coefficient (Wildman–Crippen LogP) is 5.67. The highest BCUT2D eigenvalue weighted by atomic mass is 79.9.